The van der Waals surface area contributed by atoms with E-state index in [1.54, 1.807) is 0 Å². The van der Waals surface area contributed by atoms with Crippen LogP contribution in [0.5, 0.6) is 0 Å². The summed E-state index contributed by atoms with van der Waals surface area (Å²) < 4.78 is 0. The van der Waals surface area contributed by atoms with Crippen LogP contribution in [0.2, 0.25) is 0 Å². The van der Waals surface area contributed by atoms with Gasteiger partial charge in [-0.15, -0.1) is 5.10 Å². The first-order valence-electron chi connectivity index (χ1n) is 7.13. The minimum Gasteiger partial charge on any atom is -0.353 e. The third-order valence-electron chi connectivity index (χ3n) is 3.38. The second-order valence-corrected chi connectivity index (χ2v) is 5.59. The Morgan fingerprint density at radius 3 is 2.42 bits per heavy atom. The second-order valence-electron chi connectivity index (χ2n) is 5.59. The van der Waals surface area contributed by atoms with E-state index >= 15 is 0 Å². The SMILES string of the molecule is CNCc1ccc(N2CCN(CC(C)C)CC2)nn1. The van der Waals surface area contributed by atoms with Crippen LogP contribution in [0.3, 0.4) is 0 Å². The van der Waals surface area contributed by atoms with E-state index in [4.69, 9.17) is 0 Å². The van der Waals surface area contributed by atoms with Crippen LogP contribution in [0, 0.1) is 5.92 Å². The Kier molecular flexibility index (Phi) is 5.10. The zero-order chi connectivity index (χ0) is 13.7. The highest BCUT2D eigenvalue weighted by Crippen LogP contribution is 2.13. The van der Waals surface area contributed by atoms with Crippen LogP contribution in [0.4, 0.5) is 5.82 Å². The molecule has 1 saturated heterocycles. The number of anilines is 1. The monoisotopic (exact) mass is 263 g/mol. The summed E-state index contributed by atoms with van der Waals surface area (Å²) in [6, 6.07) is 4.14. The number of hydrogen-bond acceptors (Lipinski definition) is 5. The Labute approximate surface area is 116 Å². The zero-order valence-corrected chi connectivity index (χ0v) is 12.3. The van der Waals surface area contributed by atoms with Gasteiger partial charge in [0.2, 0.25) is 0 Å². The normalized spacial score (nSPS) is 17.2. The van der Waals surface area contributed by atoms with Crippen molar-refractivity contribution in [2.24, 2.45) is 5.92 Å². The maximum atomic E-state index is 4.32. The molecule has 0 saturated carbocycles. The molecule has 1 fully saturated rings. The topological polar surface area (TPSA) is 44.3 Å². The van der Waals surface area contributed by atoms with Crippen molar-refractivity contribution in [2.45, 2.75) is 20.4 Å². The molecule has 1 aliphatic rings. The van der Waals surface area contributed by atoms with Crippen LogP contribution in [-0.2, 0) is 6.54 Å². The summed E-state index contributed by atoms with van der Waals surface area (Å²) >= 11 is 0. The summed E-state index contributed by atoms with van der Waals surface area (Å²) in [5, 5.41) is 11.7. The molecule has 5 nitrogen and oxygen atoms in total. The van der Waals surface area contributed by atoms with Crippen molar-refractivity contribution < 1.29 is 0 Å². The lowest BCUT2D eigenvalue weighted by molar-refractivity contribution is 0.231. The smallest absolute Gasteiger partial charge is 0.151 e. The minimum atomic E-state index is 0.743. The van der Waals surface area contributed by atoms with Crippen molar-refractivity contribution in [3.8, 4) is 0 Å². The summed E-state index contributed by atoms with van der Waals surface area (Å²) in [4.78, 5) is 4.86. The zero-order valence-electron chi connectivity index (χ0n) is 12.3. The van der Waals surface area contributed by atoms with Gasteiger partial charge in [0, 0.05) is 39.3 Å². The van der Waals surface area contributed by atoms with Gasteiger partial charge in [0.15, 0.2) is 5.82 Å². The van der Waals surface area contributed by atoms with Crippen molar-refractivity contribution in [3.05, 3.63) is 17.8 Å². The van der Waals surface area contributed by atoms with Crippen LogP contribution in [0.1, 0.15) is 19.5 Å². The molecular formula is C14H25N5. The van der Waals surface area contributed by atoms with Gasteiger partial charge in [-0.25, -0.2) is 0 Å². The Morgan fingerprint density at radius 1 is 1.16 bits per heavy atom. The molecule has 1 aromatic rings. The van der Waals surface area contributed by atoms with E-state index in [2.05, 4.69) is 51.3 Å². The van der Waals surface area contributed by atoms with E-state index in [0.717, 1.165) is 50.2 Å². The van der Waals surface area contributed by atoms with Crippen molar-refractivity contribution in [2.75, 3.05) is 44.7 Å². The first-order chi connectivity index (χ1) is 9.19. The van der Waals surface area contributed by atoms with Crippen molar-refractivity contribution in [3.63, 3.8) is 0 Å². The molecule has 2 heterocycles. The highest BCUT2D eigenvalue weighted by atomic mass is 15.3. The van der Waals surface area contributed by atoms with Gasteiger partial charge in [0.1, 0.15) is 0 Å². The van der Waals surface area contributed by atoms with Crippen LogP contribution in [0.15, 0.2) is 12.1 Å². The Balaban J connectivity index is 1.87. The summed E-state index contributed by atoms with van der Waals surface area (Å²) in [6.07, 6.45) is 0. The lowest BCUT2D eigenvalue weighted by Crippen LogP contribution is -2.47. The Hall–Kier alpha value is -1.20. The highest BCUT2D eigenvalue weighted by molar-refractivity contribution is 5.37. The Bertz CT molecular complexity index is 368. The molecule has 0 atom stereocenters. The van der Waals surface area contributed by atoms with Gasteiger partial charge in [0.25, 0.3) is 0 Å². The van der Waals surface area contributed by atoms with Crippen LogP contribution >= 0.6 is 0 Å². The first kappa shape index (κ1) is 14.2. The van der Waals surface area contributed by atoms with E-state index in [1.165, 1.54) is 6.54 Å². The number of nitrogens with zero attached hydrogens (tertiary/aromatic N) is 4. The summed E-state index contributed by atoms with van der Waals surface area (Å²) in [7, 11) is 1.92. The lowest BCUT2D eigenvalue weighted by Gasteiger charge is -2.35. The number of piperazine rings is 1. The molecule has 0 bridgehead atoms. The molecule has 2 rings (SSSR count). The second kappa shape index (κ2) is 6.82. The van der Waals surface area contributed by atoms with Gasteiger partial charge in [-0.05, 0) is 25.1 Å². The van der Waals surface area contributed by atoms with Gasteiger partial charge >= 0.3 is 0 Å². The number of nitrogens with one attached hydrogen (secondary N) is 1. The summed E-state index contributed by atoms with van der Waals surface area (Å²) in [5.74, 6) is 1.75. The summed E-state index contributed by atoms with van der Waals surface area (Å²) in [5.41, 5.74) is 0.990. The van der Waals surface area contributed by atoms with Crippen molar-refractivity contribution in [1.29, 1.82) is 0 Å². The van der Waals surface area contributed by atoms with Gasteiger partial charge in [-0.2, -0.15) is 5.10 Å². The molecule has 1 aliphatic heterocycles. The Morgan fingerprint density at radius 2 is 1.89 bits per heavy atom. The number of hydrogen-bond donors (Lipinski definition) is 1. The van der Waals surface area contributed by atoms with Crippen molar-refractivity contribution >= 4 is 5.82 Å². The highest BCUT2D eigenvalue weighted by Gasteiger charge is 2.18. The van der Waals surface area contributed by atoms with Crippen LogP contribution in [-0.4, -0.2) is 54.9 Å². The number of rotatable bonds is 5. The molecule has 5 heteroatoms. The fourth-order valence-electron chi connectivity index (χ4n) is 2.47. The molecule has 19 heavy (non-hydrogen) atoms. The van der Waals surface area contributed by atoms with E-state index in [0.29, 0.717) is 0 Å². The fraction of sp³-hybridized carbons (Fsp3) is 0.714. The molecule has 106 valence electrons. The molecular weight excluding hydrogens is 238 g/mol. The molecule has 0 aromatic carbocycles. The minimum absolute atomic E-state index is 0.743. The molecule has 1 N–H and O–H groups in total. The van der Waals surface area contributed by atoms with E-state index < -0.39 is 0 Å². The number of aromatic nitrogens is 2. The largest absolute Gasteiger partial charge is 0.353 e. The van der Waals surface area contributed by atoms with Crippen LogP contribution in [0.25, 0.3) is 0 Å². The maximum absolute atomic E-state index is 4.32. The first-order valence-corrected chi connectivity index (χ1v) is 7.13. The van der Waals surface area contributed by atoms with Gasteiger partial charge in [-0.1, -0.05) is 13.8 Å². The lowest BCUT2D eigenvalue weighted by atomic mass is 10.2. The van der Waals surface area contributed by atoms with E-state index in [1.807, 2.05) is 7.05 Å². The third-order valence-corrected chi connectivity index (χ3v) is 3.38. The van der Waals surface area contributed by atoms with Crippen LogP contribution < -0.4 is 10.2 Å². The van der Waals surface area contributed by atoms with E-state index in [9.17, 15) is 0 Å². The van der Waals surface area contributed by atoms with Gasteiger partial charge in [-0.3, -0.25) is 4.90 Å². The van der Waals surface area contributed by atoms with Crippen molar-refractivity contribution in [1.82, 2.24) is 20.4 Å². The van der Waals surface area contributed by atoms with E-state index in [-0.39, 0.29) is 0 Å². The van der Waals surface area contributed by atoms with Gasteiger partial charge in [0.05, 0.1) is 5.69 Å². The quantitative estimate of drug-likeness (QED) is 0.858. The predicted molar refractivity (Wildman–Crippen MR) is 78.3 cm³/mol. The molecule has 1 aromatic heterocycles. The predicted octanol–water partition coefficient (Wildman–Crippen LogP) is 0.974. The summed E-state index contributed by atoms with van der Waals surface area (Å²) in [6.45, 7) is 10.9. The fourth-order valence-corrected chi connectivity index (χ4v) is 2.47. The molecule has 0 aliphatic carbocycles. The standard InChI is InChI=1S/C14H25N5/c1-12(2)11-18-6-8-19(9-7-18)14-5-4-13(10-15-3)16-17-14/h4-5,12,15H,6-11H2,1-3H3. The average Bonchev–Trinajstić information content (AvgIpc) is 2.40. The molecule has 0 amide bonds. The average molecular weight is 263 g/mol. The molecule has 0 radical (unpaired) electrons. The van der Waals surface area contributed by atoms with Gasteiger partial charge < -0.3 is 10.2 Å². The third kappa shape index (κ3) is 4.14. The maximum Gasteiger partial charge on any atom is 0.151 e. The molecule has 0 spiro atoms. The molecule has 0 unspecified atom stereocenters.